The predicted molar refractivity (Wildman–Crippen MR) is 68.5 cm³/mol. The Morgan fingerprint density at radius 2 is 1.79 bits per heavy atom. The van der Waals surface area contributed by atoms with Crippen LogP contribution >= 0.6 is 0 Å². The normalized spacial score (nSPS) is 9.74. The summed E-state index contributed by atoms with van der Waals surface area (Å²) in [6.45, 7) is 1.26. The summed E-state index contributed by atoms with van der Waals surface area (Å²) in [6.07, 6.45) is 0.188. The van der Waals surface area contributed by atoms with Gasteiger partial charge < -0.3 is 15.7 Å². The zero-order valence-electron chi connectivity index (χ0n) is 10.6. The number of hydrogen-bond donors (Lipinski definition) is 3. The first-order chi connectivity index (χ1) is 8.97. The van der Waals surface area contributed by atoms with E-state index in [4.69, 9.17) is 5.11 Å². The van der Waals surface area contributed by atoms with E-state index < -0.39 is 18.4 Å². The summed E-state index contributed by atoms with van der Waals surface area (Å²) in [5.41, 5.74) is 1.92. The summed E-state index contributed by atoms with van der Waals surface area (Å²) in [5, 5.41) is 12.9. The first-order valence-electron chi connectivity index (χ1n) is 5.78. The van der Waals surface area contributed by atoms with Gasteiger partial charge in [-0.15, -0.1) is 0 Å². The molecule has 102 valence electrons. The Morgan fingerprint density at radius 3 is 2.42 bits per heavy atom. The number of carbonyl (C=O) groups excluding carboxylic acids is 2. The zero-order chi connectivity index (χ0) is 14.3. The second-order valence-corrected chi connectivity index (χ2v) is 4.11. The number of carbonyl (C=O) groups is 3. The fourth-order valence-corrected chi connectivity index (χ4v) is 1.49. The summed E-state index contributed by atoms with van der Waals surface area (Å²) in [6, 6.07) is 7.51. The van der Waals surface area contributed by atoms with E-state index in [1.54, 1.807) is 0 Å². The molecule has 6 nitrogen and oxygen atoms in total. The smallest absolute Gasteiger partial charge is 0.322 e. The third-order valence-electron chi connectivity index (χ3n) is 2.33. The Hall–Kier alpha value is -2.37. The number of hydrogen-bond acceptors (Lipinski definition) is 3. The highest BCUT2D eigenvalue weighted by Gasteiger charge is 2.07. The zero-order valence-corrected chi connectivity index (χ0v) is 10.6. The maximum atomic E-state index is 11.6. The van der Waals surface area contributed by atoms with Gasteiger partial charge in [0, 0.05) is 0 Å². The molecule has 0 atom stereocenters. The molecule has 0 fully saturated rings. The Balaban J connectivity index is 2.32. The van der Waals surface area contributed by atoms with Crippen LogP contribution in [0.25, 0.3) is 0 Å². The lowest BCUT2D eigenvalue weighted by Crippen LogP contribution is -2.39. The third kappa shape index (κ3) is 6.21. The minimum atomic E-state index is -1.13. The van der Waals surface area contributed by atoms with Gasteiger partial charge in [0.05, 0.1) is 13.0 Å². The van der Waals surface area contributed by atoms with Crippen LogP contribution in [0, 0.1) is 6.92 Å². The average molecular weight is 264 g/mol. The molecule has 0 unspecified atom stereocenters. The van der Waals surface area contributed by atoms with Crippen LogP contribution in [0.2, 0.25) is 0 Å². The highest BCUT2D eigenvalue weighted by molar-refractivity contribution is 5.87. The summed E-state index contributed by atoms with van der Waals surface area (Å²) in [4.78, 5) is 32.9. The molecular formula is C13H16N2O4. The van der Waals surface area contributed by atoms with Crippen molar-refractivity contribution < 1.29 is 19.5 Å². The van der Waals surface area contributed by atoms with Gasteiger partial charge in [-0.05, 0) is 12.5 Å². The number of amides is 2. The van der Waals surface area contributed by atoms with E-state index in [2.05, 4.69) is 10.6 Å². The van der Waals surface area contributed by atoms with E-state index in [9.17, 15) is 14.4 Å². The highest BCUT2D eigenvalue weighted by atomic mass is 16.4. The standard InChI is InChI=1S/C13H16N2O4/c1-9-3-2-4-10(5-9)6-11(16)14-7-12(17)15-8-13(18)19/h2-5H,6-8H2,1H3,(H,14,16)(H,15,17)(H,18,19). The lowest BCUT2D eigenvalue weighted by Gasteiger charge is -2.06. The van der Waals surface area contributed by atoms with E-state index in [0.717, 1.165) is 11.1 Å². The van der Waals surface area contributed by atoms with E-state index >= 15 is 0 Å². The van der Waals surface area contributed by atoms with Crippen LogP contribution in [0.5, 0.6) is 0 Å². The minimum absolute atomic E-state index is 0.188. The number of aliphatic carboxylic acids is 1. The fourth-order valence-electron chi connectivity index (χ4n) is 1.49. The van der Waals surface area contributed by atoms with Gasteiger partial charge in [-0.25, -0.2) is 0 Å². The van der Waals surface area contributed by atoms with Crippen molar-refractivity contribution in [1.82, 2.24) is 10.6 Å². The topological polar surface area (TPSA) is 95.5 Å². The monoisotopic (exact) mass is 264 g/mol. The molecule has 0 spiro atoms. The Labute approximate surface area is 110 Å². The van der Waals surface area contributed by atoms with Crippen molar-refractivity contribution in [2.45, 2.75) is 13.3 Å². The predicted octanol–water partition coefficient (Wildman–Crippen LogP) is -0.145. The minimum Gasteiger partial charge on any atom is -0.480 e. The van der Waals surface area contributed by atoms with Gasteiger partial charge in [-0.1, -0.05) is 29.8 Å². The molecule has 19 heavy (non-hydrogen) atoms. The van der Waals surface area contributed by atoms with Gasteiger partial charge in [-0.2, -0.15) is 0 Å². The molecule has 2 amide bonds. The van der Waals surface area contributed by atoms with Crippen LogP contribution in [0.15, 0.2) is 24.3 Å². The molecule has 0 aliphatic heterocycles. The van der Waals surface area contributed by atoms with Crippen LogP contribution in [0.1, 0.15) is 11.1 Å². The molecule has 3 N–H and O–H groups in total. The molecule has 1 aromatic rings. The number of carboxylic acids is 1. The quantitative estimate of drug-likeness (QED) is 0.666. The second-order valence-electron chi connectivity index (χ2n) is 4.11. The van der Waals surface area contributed by atoms with Crippen LogP contribution in [-0.4, -0.2) is 36.0 Å². The van der Waals surface area contributed by atoms with Gasteiger partial charge in [0.2, 0.25) is 11.8 Å². The summed E-state index contributed by atoms with van der Waals surface area (Å²) >= 11 is 0. The van der Waals surface area contributed by atoms with E-state index in [0.29, 0.717) is 0 Å². The van der Waals surface area contributed by atoms with Crippen LogP contribution in [0.4, 0.5) is 0 Å². The van der Waals surface area contributed by atoms with Crippen LogP contribution < -0.4 is 10.6 Å². The number of aryl methyl sites for hydroxylation is 1. The first kappa shape index (κ1) is 14.7. The second kappa shape index (κ2) is 7.15. The molecule has 0 saturated heterocycles. The Kier molecular flexibility index (Phi) is 5.53. The molecule has 0 aromatic heterocycles. The lowest BCUT2D eigenvalue weighted by molar-refractivity contribution is -0.137. The van der Waals surface area contributed by atoms with Gasteiger partial charge >= 0.3 is 5.97 Å². The van der Waals surface area contributed by atoms with Crippen molar-refractivity contribution in [1.29, 1.82) is 0 Å². The molecule has 0 saturated carbocycles. The molecule has 0 heterocycles. The number of carboxylic acid groups (broad SMARTS) is 1. The third-order valence-corrected chi connectivity index (χ3v) is 2.33. The van der Waals surface area contributed by atoms with Crippen molar-refractivity contribution in [3.8, 4) is 0 Å². The van der Waals surface area contributed by atoms with Crippen molar-refractivity contribution >= 4 is 17.8 Å². The average Bonchev–Trinajstić information content (AvgIpc) is 2.34. The Morgan fingerprint density at radius 1 is 1.11 bits per heavy atom. The molecule has 0 radical (unpaired) electrons. The number of benzene rings is 1. The maximum Gasteiger partial charge on any atom is 0.322 e. The summed E-state index contributed by atoms with van der Waals surface area (Å²) < 4.78 is 0. The van der Waals surface area contributed by atoms with Gasteiger partial charge in [0.1, 0.15) is 6.54 Å². The number of rotatable bonds is 6. The van der Waals surface area contributed by atoms with E-state index in [1.807, 2.05) is 31.2 Å². The van der Waals surface area contributed by atoms with Gasteiger partial charge in [0.15, 0.2) is 0 Å². The van der Waals surface area contributed by atoms with Crippen molar-refractivity contribution in [2.24, 2.45) is 0 Å². The maximum absolute atomic E-state index is 11.6. The van der Waals surface area contributed by atoms with Crippen molar-refractivity contribution in [2.75, 3.05) is 13.1 Å². The Bertz CT molecular complexity index is 485. The molecule has 1 aromatic carbocycles. The summed E-state index contributed by atoms with van der Waals surface area (Å²) in [7, 11) is 0. The summed E-state index contributed by atoms with van der Waals surface area (Å²) in [5.74, 6) is -1.93. The molecule has 0 aliphatic carbocycles. The first-order valence-corrected chi connectivity index (χ1v) is 5.78. The van der Waals surface area contributed by atoms with Crippen LogP contribution in [-0.2, 0) is 20.8 Å². The fraction of sp³-hybridized carbons (Fsp3) is 0.308. The van der Waals surface area contributed by atoms with Crippen LogP contribution in [0.3, 0.4) is 0 Å². The highest BCUT2D eigenvalue weighted by Crippen LogP contribution is 2.04. The van der Waals surface area contributed by atoms with Crippen molar-refractivity contribution in [3.05, 3.63) is 35.4 Å². The number of nitrogens with one attached hydrogen (secondary N) is 2. The molecule has 0 aliphatic rings. The van der Waals surface area contributed by atoms with Gasteiger partial charge in [-0.3, -0.25) is 14.4 Å². The molecule has 1 rings (SSSR count). The lowest BCUT2D eigenvalue weighted by atomic mass is 10.1. The SMILES string of the molecule is Cc1cccc(CC(=O)NCC(=O)NCC(=O)O)c1. The van der Waals surface area contributed by atoms with Crippen molar-refractivity contribution in [3.63, 3.8) is 0 Å². The largest absolute Gasteiger partial charge is 0.480 e. The molecule has 6 heteroatoms. The molecule has 0 bridgehead atoms. The molecular weight excluding hydrogens is 248 g/mol. The van der Waals surface area contributed by atoms with E-state index in [1.165, 1.54) is 0 Å². The van der Waals surface area contributed by atoms with E-state index in [-0.39, 0.29) is 18.9 Å². The van der Waals surface area contributed by atoms with Gasteiger partial charge in [0.25, 0.3) is 0 Å².